The van der Waals surface area contributed by atoms with E-state index in [9.17, 15) is 0 Å². The van der Waals surface area contributed by atoms with E-state index in [2.05, 4.69) is 49.1 Å². The van der Waals surface area contributed by atoms with Crippen LogP contribution in [-0.2, 0) is 13.6 Å². The fourth-order valence-electron chi connectivity index (χ4n) is 3.07. The van der Waals surface area contributed by atoms with E-state index < -0.39 is 0 Å². The molecule has 0 bridgehead atoms. The van der Waals surface area contributed by atoms with Gasteiger partial charge >= 0.3 is 0 Å². The number of hydrogen-bond acceptors (Lipinski definition) is 3. The van der Waals surface area contributed by atoms with Crippen molar-refractivity contribution in [2.75, 3.05) is 13.1 Å². The smallest absolute Gasteiger partial charge is 0.0764 e. The monoisotopic (exact) mass is 278 g/mol. The van der Waals surface area contributed by atoms with Gasteiger partial charge in [-0.1, -0.05) is 34.1 Å². The minimum Gasteiger partial charge on any atom is -0.311 e. The van der Waals surface area contributed by atoms with E-state index >= 15 is 0 Å². The third kappa shape index (κ3) is 3.61. The van der Waals surface area contributed by atoms with Gasteiger partial charge in [0.1, 0.15) is 0 Å². The summed E-state index contributed by atoms with van der Waals surface area (Å²) < 4.78 is 1.90. The minimum absolute atomic E-state index is 0.596. The molecule has 0 spiro atoms. The highest BCUT2D eigenvalue weighted by molar-refractivity contribution is 5.01. The van der Waals surface area contributed by atoms with Crippen LogP contribution in [0, 0.1) is 11.8 Å². The first-order valence-electron chi connectivity index (χ1n) is 7.97. The average Bonchev–Trinajstić information content (AvgIpc) is 2.83. The SMILES string of the molecule is CCC(C)C1CNC(C(C)C)CN1Cc1ccn(C)n1. The standard InChI is InChI=1S/C16H30N4/c1-6-13(4)16-9-17-15(12(2)3)11-20(16)10-14-7-8-19(5)18-14/h7-8,12-13,15-17H,6,9-11H2,1-5H3. The Morgan fingerprint density at radius 3 is 2.70 bits per heavy atom. The van der Waals surface area contributed by atoms with Crippen LogP contribution in [0.4, 0.5) is 0 Å². The van der Waals surface area contributed by atoms with Crippen molar-refractivity contribution in [3.8, 4) is 0 Å². The van der Waals surface area contributed by atoms with Gasteiger partial charge in [0.15, 0.2) is 0 Å². The zero-order valence-electron chi connectivity index (χ0n) is 13.6. The van der Waals surface area contributed by atoms with Gasteiger partial charge in [0.05, 0.1) is 5.69 Å². The van der Waals surface area contributed by atoms with Gasteiger partial charge in [0.2, 0.25) is 0 Å². The van der Waals surface area contributed by atoms with E-state index in [4.69, 9.17) is 0 Å². The zero-order valence-corrected chi connectivity index (χ0v) is 13.6. The molecule has 1 aliphatic heterocycles. The molecule has 1 N–H and O–H groups in total. The molecule has 0 amide bonds. The molecule has 0 saturated carbocycles. The van der Waals surface area contributed by atoms with Crippen LogP contribution >= 0.6 is 0 Å². The van der Waals surface area contributed by atoms with E-state index in [1.54, 1.807) is 0 Å². The molecular weight excluding hydrogens is 248 g/mol. The lowest BCUT2D eigenvalue weighted by atomic mass is 9.91. The molecular formula is C16H30N4. The third-order valence-corrected chi connectivity index (χ3v) is 4.73. The van der Waals surface area contributed by atoms with E-state index in [1.165, 1.54) is 12.1 Å². The Balaban J connectivity index is 2.08. The van der Waals surface area contributed by atoms with E-state index in [-0.39, 0.29) is 0 Å². The summed E-state index contributed by atoms with van der Waals surface area (Å²) in [5.41, 5.74) is 1.19. The first kappa shape index (κ1) is 15.5. The fraction of sp³-hybridized carbons (Fsp3) is 0.812. The van der Waals surface area contributed by atoms with Crippen molar-refractivity contribution < 1.29 is 0 Å². The summed E-state index contributed by atoms with van der Waals surface area (Å²) in [4.78, 5) is 2.64. The molecule has 114 valence electrons. The predicted octanol–water partition coefficient (Wildman–Crippen LogP) is 2.26. The Morgan fingerprint density at radius 1 is 1.40 bits per heavy atom. The number of aryl methyl sites for hydroxylation is 1. The Bertz CT molecular complexity index is 412. The minimum atomic E-state index is 0.596. The molecule has 1 aliphatic rings. The van der Waals surface area contributed by atoms with Crippen LogP contribution in [0.3, 0.4) is 0 Å². The van der Waals surface area contributed by atoms with Gasteiger partial charge in [-0.3, -0.25) is 9.58 Å². The normalized spacial score (nSPS) is 26.1. The van der Waals surface area contributed by atoms with Crippen LogP contribution in [0.15, 0.2) is 12.3 Å². The van der Waals surface area contributed by atoms with Gasteiger partial charge in [0.25, 0.3) is 0 Å². The Hall–Kier alpha value is -0.870. The molecule has 1 saturated heterocycles. The molecule has 0 aliphatic carbocycles. The molecule has 2 heterocycles. The van der Waals surface area contributed by atoms with Gasteiger partial charge in [-0.25, -0.2) is 0 Å². The summed E-state index contributed by atoms with van der Waals surface area (Å²) in [6.07, 6.45) is 3.27. The molecule has 2 rings (SSSR count). The summed E-state index contributed by atoms with van der Waals surface area (Å²) in [5, 5.41) is 8.29. The van der Waals surface area contributed by atoms with Crippen molar-refractivity contribution in [2.45, 2.75) is 52.7 Å². The zero-order chi connectivity index (χ0) is 14.7. The number of hydrogen-bond donors (Lipinski definition) is 1. The Labute approximate surface area is 123 Å². The van der Waals surface area contributed by atoms with Crippen LogP contribution in [0.5, 0.6) is 0 Å². The predicted molar refractivity (Wildman–Crippen MR) is 83.5 cm³/mol. The third-order valence-electron chi connectivity index (χ3n) is 4.73. The molecule has 4 nitrogen and oxygen atoms in total. The molecule has 0 radical (unpaired) electrons. The van der Waals surface area contributed by atoms with E-state index in [1.807, 2.05) is 17.9 Å². The largest absolute Gasteiger partial charge is 0.311 e. The Morgan fingerprint density at radius 2 is 2.15 bits per heavy atom. The van der Waals surface area contributed by atoms with Gasteiger partial charge < -0.3 is 5.32 Å². The molecule has 3 unspecified atom stereocenters. The van der Waals surface area contributed by atoms with Crippen LogP contribution in [0.25, 0.3) is 0 Å². The lowest BCUT2D eigenvalue weighted by molar-refractivity contribution is 0.0710. The summed E-state index contributed by atoms with van der Waals surface area (Å²) in [6, 6.07) is 3.36. The maximum atomic E-state index is 4.55. The highest BCUT2D eigenvalue weighted by Gasteiger charge is 2.32. The first-order valence-corrected chi connectivity index (χ1v) is 7.97. The van der Waals surface area contributed by atoms with Crippen molar-refractivity contribution in [2.24, 2.45) is 18.9 Å². The van der Waals surface area contributed by atoms with Crippen molar-refractivity contribution in [1.82, 2.24) is 20.0 Å². The Kier molecular flexibility index (Phi) is 5.22. The van der Waals surface area contributed by atoms with Gasteiger partial charge in [0, 0.05) is 45.0 Å². The molecule has 1 aromatic heterocycles. The highest BCUT2D eigenvalue weighted by atomic mass is 15.3. The van der Waals surface area contributed by atoms with Gasteiger partial charge in [-0.15, -0.1) is 0 Å². The molecule has 4 heteroatoms. The summed E-state index contributed by atoms with van der Waals surface area (Å²) in [7, 11) is 1.99. The van der Waals surface area contributed by atoms with Crippen LogP contribution in [0.1, 0.15) is 39.8 Å². The van der Waals surface area contributed by atoms with Crippen LogP contribution < -0.4 is 5.32 Å². The summed E-state index contributed by atoms with van der Waals surface area (Å²) in [5.74, 6) is 1.40. The lowest BCUT2D eigenvalue weighted by Crippen LogP contribution is -2.59. The van der Waals surface area contributed by atoms with Crippen LogP contribution in [-0.4, -0.2) is 39.9 Å². The first-order chi connectivity index (χ1) is 9.51. The molecule has 3 atom stereocenters. The lowest BCUT2D eigenvalue weighted by Gasteiger charge is -2.44. The van der Waals surface area contributed by atoms with Crippen LogP contribution in [0.2, 0.25) is 0 Å². The van der Waals surface area contributed by atoms with E-state index in [0.29, 0.717) is 18.0 Å². The summed E-state index contributed by atoms with van der Waals surface area (Å²) in [6.45, 7) is 12.5. The maximum absolute atomic E-state index is 4.55. The number of nitrogens with one attached hydrogen (secondary N) is 1. The number of aromatic nitrogens is 2. The topological polar surface area (TPSA) is 33.1 Å². The molecule has 20 heavy (non-hydrogen) atoms. The van der Waals surface area contributed by atoms with Gasteiger partial charge in [-0.2, -0.15) is 5.10 Å². The number of rotatable bonds is 5. The molecule has 1 fully saturated rings. The number of piperazine rings is 1. The van der Waals surface area contributed by atoms with Crippen molar-refractivity contribution >= 4 is 0 Å². The second-order valence-corrected chi connectivity index (χ2v) is 6.62. The van der Waals surface area contributed by atoms with Gasteiger partial charge in [-0.05, 0) is 17.9 Å². The van der Waals surface area contributed by atoms with Crippen molar-refractivity contribution in [3.05, 3.63) is 18.0 Å². The highest BCUT2D eigenvalue weighted by Crippen LogP contribution is 2.22. The fourth-order valence-corrected chi connectivity index (χ4v) is 3.07. The summed E-state index contributed by atoms with van der Waals surface area (Å²) >= 11 is 0. The quantitative estimate of drug-likeness (QED) is 0.897. The molecule has 0 aromatic carbocycles. The maximum Gasteiger partial charge on any atom is 0.0764 e. The molecule has 1 aromatic rings. The second-order valence-electron chi connectivity index (χ2n) is 6.62. The number of nitrogens with zero attached hydrogens (tertiary/aromatic N) is 3. The van der Waals surface area contributed by atoms with Crippen molar-refractivity contribution in [3.63, 3.8) is 0 Å². The average molecular weight is 278 g/mol. The van der Waals surface area contributed by atoms with Crippen molar-refractivity contribution in [1.29, 1.82) is 0 Å². The van der Waals surface area contributed by atoms with E-state index in [0.717, 1.165) is 25.6 Å². The second kappa shape index (κ2) is 6.72.